The summed E-state index contributed by atoms with van der Waals surface area (Å²) in [5, 5.41) is 75.0. The molecule has 4 atom stereocenters. The predicted octanol–water partition coefficient (Wildman–Crippen LogP) is 29.6. The van der Waals surface area contributed by atoms with E-state index in [9.17, 15) is 40.9 Å². The van der Waals surface area contributed by atoms with E-state index in [-0.39, 0.29) is 150 Å². The third-order valence-electron chi connectivity index (χ3n) is 22.0. The Hall–Kier alpha value is -10.1. The van der Waals surface area contributed by atoms with Gasteiger partial charge in [-0.25, -0.2) is 19.9 Å². The van der Waals surface area contributed by atoms with Crippen molar-refractivity contribution in [1.29, 1.82) is 0 Å². The summed E-state index contributed by atoms with van der Waals surface area (Å²) >= 11 is 0. The third-order valence-corrected chi connectivity index (χ3v) is 22.0. The molecule has 0 spiro atoms. The second-order valence-corrected chi connectivity index (χ2v) is 40.2. The van der Waals surface area contributed by atoms with Crippen molar-refractivity contribution in [3.63, 3.8) is 0 Å². The van der Waals surface area contributed by atoms with Crippen LogP contribution >= 0.6 is 0 Å². The maximum atomic E-state index is 9.68. The van der Waals surface area contributed by atoms with E-state index < -0.39 is 24.4 Å². The Bertz CT molecular complexity index is 5650. The Morgan fingerprint density at radius 3 is 0.789 bits per heavy atom. The normalized spacial score (nSPS) is 12.3. The average Bonchev–Trinajstić information content (AvgIpc) is 0.771. The zero-order valence-corrected chi connectivity index (χ0v) is 98.8. The quantitative estimate of drug-likeness (QED) is 0.0276. The van der Waals surface area contributed by atoms with Gasteiger partial charge in [-0.15, -0.1) is 140 Å². The van der Waals surface area contributed by atoms with Gasteiger partial charge in [0.05, 0.1) is 70.2 Å². The Labute approximate surface area is 903 Å². The fourth-order valence-corrected chi connectivity index (χ4v) is 14.1. The molecule has 4 aromatic heterocycles. The molecule has 20 heteroatoms. The predicted molar refractivity (Wildman–Crippen MR) is 574 cm³/mol. The number of rotatable bonds is 19. The molecule has 0 fully saturated rings. The number of aromatic nitrogens is 8. The van der Waals surface area contributed by atoms with Gasteiger partial charge in [0.15, 0.2) is 0 Å². The molecule has 4 heterocycles. The van der Waals surface area contributed by atoms with Crippen LogP contribution in [-0.4, -0.2) is 105 Å². The maximum Gasteiger partial charge on any atom is 0.106 e. The van der Waals surface area contributed by atoms with Crippen molar-refractivity contribution in [2.75, 3.05) is 0 Å². The Morgan fingerprint density at radius 2 is 0.514 bits per heavy atom. The number of aryl methyl sites for hydroxylation is 14. The Balaban J connectivity index is 0.000000560. The largest absolute Gasteiger partial charge is 0.512 e. The molecular formula is C122H152Ir4N8O8-4. The maximum absolute atomic E-state index is 9.68. The summed E-state index contributed by atoms with van der Waals surface area (Å²) in [4.78, 5) is 35.9. The first kappa shape index (κ1) is 128. The van der Waals surface area contributed by atoms with Gasteiger partial charge in [-0.1, -0.05) is 310 Å². The number of allylic oxidation sites excluding steroid dienone is 4. The standard InChI is InChI=1S/C26H23N2.2C20H19N2.C18H15N2.C11H22O2.3C9H18O2.4Ir/c1-17-10-18(2)13-22(12-17)25-24(21-8-6-5-7-9-21)26(28-16-27-25)23-14-19(3)11-20(4)15-23;2*1-13-5-14(2)8-17(7-13)19-11-20(22-12-21-19)18-9-15(3)6-16(4)10-18;1-13-8-14(2)10-16(9-13)18-11-17(19-12-20-18)15-6-4-3-5-7-15;1-10(2,3)8(12)7-9(13)11(4,5)6;3*1-6(2)8(10)5-9(11)7(3)4;;;;/h5-14,16H,1-4H3;2*5-9,11-12H,1-4H3;3-9,11-12H,1-2H3;7-8,12-13H,1-6H3;3*5-8,10-11H,1-4H3;;;;/q4*-1;;;;;;;;. The number of aliphatic hydroxyl groups is 8. The summed E-state index contributed by atoms with van der Waals surface area (Å²) in [5.74, 6) is 1.84. The van der Waals surface area contributed by atoms with E-state index in [2.05, 4.69) is 291 Å². The van der Waals surface area contributed by atoms with E-state index in [1.807, 2.05) is 167 Å². The molecule has 0 saturated heterocycles. The van der Waals surface area contributed by atoms with Crippen LogP contribution in [0.25, 0.3) is 101 Å². The number of nitrogens with zero attached hydrogens (tertiary/aromatic N) is 8. The van der Waals surface area contributed by atoms with Crippen LogP contribution < -0.4 is 0 Å². The first-order valence-electron chi connectivity index (χ1n) is 47.7. The van der Waals surface area contributed by atoms with Crippen LogP contribution in [0.1, 0.15) is 203 Å². The number of aliphatic hydroxyl groups excluding tert-OH is 8. The molecule has 768 valence electrons. The molecule has 0 aliphatic heterocycles. The molecule has 0 amide bonds. The smallest absolute Gasteiger partial charge is 0.106 e. The zero-order valence-electron chi connectivity index (χ0n) is 89.2. The van der Waals surface area contributed by atoms with Gasteiger partial charge in [-0.3, -0.25) is 19.9 Å². The Morgan fingerprint density at radius 1 is 0.268 bits per heavy atom. The minimum atomic E-state index is -0.605. The molecule has 13 rings (SSSR count). The molecule has 4 unspecified atom stereocenters. The molecule has 4 radical (unpaired) electrons. The SMILES string of the molecule is CC(C)(C)C(O)=CC(O)C(C)(C)C.CC(C)C(O)=CC(O)C(C)C.CC(C)C(O)=CC(O)C(C)C.CC(C)C(O)=CC(O)C(C)C.Cc1[c-]c(-c2cc(-c3cc(C)cc(C)c3)ncn2)cc(C)c1.Cc1[c-]c(-c2cc(-c3cc(C)cc(C)c3)ncn2)cc(C)c1.Cc1[c-]c(-c2cc(-c3ccccc3)ncn2)cc(C)c1.Cc1[c-]c(-c2ncnc(-c3cc(C)cc(C)c3)c2-c2ccccc2)cc(C)c1.[Ir].[Ir].[Ir].[Ir]. The van der Waals surface area contributed by atoms with Gasteiger partial charge in [-0.2, -0.15) is 0 Å². The van der Waals surface area contributed by atoms with Crippen LogP contribution in [0.4, 0.5) is 0 Å². The van der Waals surface area contributed by atoms with Crippen molar-refractivity contribution in [3.8, 4) is 101 Å². The first-order valence-corrected chi connectivity index (χ1v) is 47.7. The van der Waals surface area contributed by atoms with E-state index in [4.69, 9.17) is 9.97 Å². The minimum Gasteiger partial charge on any atom is -0.512 e. The zero-order chi connectivity index (χ0) is 103. The second kappa shape index (κ2) is 61.2. The van der Waals surface area contributed by atoms with Crippen molar-refractivity contribution in [1.82, 2.24) is 39.9 Å². The van der Waals surface area contributed by atoms with E-state index in [0.29, 0.717) is 0 Å². The topological polar surface area (TPSA) is 265 Å². The second-order valence-electron chi connectivity index (χ2n) is 40.2. The van der Waals surface area contributed by atoms with Crippen LogP contribution in [-0.2, 0) is 80.4 Å². The molecule has 0 saturated carbocycles. The summed E-state index contributed by atoms with van der Waals surface area (Å²) in [6.45, 7) is 63.6. The molecule has 13 aromatic rings. The van der Waals surface area contributed by atoms with E-state index in [1.54, 1.807) is 25.3 Å². The molecule has 142 heavy (non-hydrogen) atoms. The van der Waals surface area contributed by atoms with Gasteiger partial charge in [0.25, 0.3) is 0 Å². The Kier molecular flexibility index (Phi) is 55.2. The molecule has 0 aliphatic rings. The van der Waals surface area contributed by atoms with Crippen molar-refractivity contribution in [2.45, 2.75) is 246 Å². The van der Waals surface area contributed by atoms with Gasteiger partial charge in [0.1, 0.15) is 25.3 Å². The number of hydrogen-bond acceptors (Lipinski definition) is 16. The van der Waals surface area contributed by atoms with Crippen molar-refractivity contribution in [2.24, 2.45) is 46.3 Å². The van der Waals surface area contributed by atoms with Crippen LogP contribution in [0.2, 0.25) is 0 Å². The number of hydrogen-bond donors (Lipinski definition) is 8. The summed E-state index contributed by atoms with van der Waals surface area (Å²) in [6, 6.07) is 76.7. The van der Waals surface area contributed by atoms with E-state index >= 15 is 0 Å². The van der Waals surface area contributed by atoms with Gasteiger partial charge >= 0.3 is 0 Å². The van der Waals surface area contributed by atoms with Crippen LogP contribution in [0, 0.1) is 168 Å². The summed E-state index contributed by atoms with van der Waals surface area (Å²) in [7, 11) is 0. The van der Waals surface area contributed by atoms with Crippen molar-refractivity contribution < 1.29 is 121 Å². The van der Waals surface area contributed by atoms with Crippen LogP contribution in [0.5, 0.6) is 0 Å². The fraction of sp³-hybridized carbons (Fsp3) is 0.361. The molecular weight excluding hydrogens is 2470 g/mol. The van der Waals surface area contributed by atoms with Gasteiger partial charge < -0.3 is 40.9 Å². The minimum absolute atomic E-state index is 0. The van der Waals surface area contributed by atoms with Gasteiger partial charge in [-0.05, 0) is 176 Å². The monoisotopic (exact) mass is 2630 g/mol. The van der Waals surface area contributed by atoms with E-state index in [0.717, 1.165) is 123 Å². The van der Waals surface area contributed by atoms with Crippen LogP contribution in [0.15, 0.2) is 255 Å². The van der Waals surface area contributed by atoms with E-state index in [1.165, 1.54) is 79.9 Å². The molecule has 0 bridgehead atoms. The average molecular weight is 2630 g/mol. The van der Waals surface area contributed by atoms with Gasteiger partial charge in [0, 0.05) is 109 Å². The van der Waals surface area contributed by atoms with Crippen molar-refractivity contribution >= 4 is 0 Å². The molecule has 16 nitrogen and oxygen atoms in total. The van der Waals surface area contributed by atoms with Gasteiger partial charge in [0.2, 0.25) is 0 Å². The van der Waals surface area contributed by atoms with Crippen LogP contribution in [0.3, 0.4) is 0 Å². The molecule has 8 N–H and O–H groups in total. The van der Waals surface area contributed by atoms with Crippen molar-refractivity contribution in [3.05, 3.63) is 357 Å². The first-order chi connectivity index (χ1) is 64.6. The molecule has 9 aromatic carbocycles. The summed E-state index contributed by atoms with van der Waals surface area (Å²) in [5.41, 5.74) is 34.4. The summed E-state index contributed by atoms with van der Waals surface area (Å²) in [6.07, 6.45) is 10.4. The number of benzene rings is 9. The summed E-state index contributed by atoms with van der Waals surface area (Å²) < 4.78 is 0. The third kappa shape index (κ3) is 43.8. The molecule has 0 aliphatic carbocycles. The fourth-order valence-electron chi connectivity index (χ4n) is 14.1.